The van der Waals surface area contributed by atoms with Crippen molar-refractivity contribution in [2.45, 2.75) is 134 Å². The third-order valence-electron chi connectivity index (χ3n) is 7.27. The van der Waals surface area contributed by atoms with Crippen LogP contribution in [-0.2, 0) is 28.6 Å². The normalized spacial score (nSPS) is 18.1. The van der Waals surface area contributed by atoms with E-state index in [0.717, 1.165) is 62.2 Å². The van der Waals surface area contributed by atoms with Crippen LogP contribution in [0.1, 0.15) is 105 Å². The molecule has 1 unspecified atom stereocenters. The van der Waals surface area contributed by atoms with Gasteiger partial charge in [0.15, 0.2) is 0 Å². The van der Waals surface area contributed by atoms with Crippen molar-refractivity contribution in [3.8, 4) is 0 Å². The van der Waals surface area contributed by atoms with Crippen molar-refractivity contribution in [2.24, 2.45) is 0 Å². The molecular formula is C33H54BrN3O7S. The zero-order chi connectivity index (χ0) is 33.7. The maximum Gasteiger partial charge on any atom is 0.408 e. The standard InChI is InChI=1S/C25H35BrN2O6S.C4H7NO.2C2H6/c1-2-3-4-5-6-11-23(27-25(30)33-20-9-7-8-10-20)24(29)28-17-16-21(18-28)34-35(31,32)22-14-12-19(26)13-15-22;6-3-5-4-1-2-4;2*1-2/h2,12-15,20-21,23H,1,3-11,16-18H2,(H,27,30);3-4H,1-2H2,(H,5,6);2*1-2H3/t21-,23?;;;/m0.../s1. The molecule has 12 heteroatoms. The number of nitrogens with zero attached hydrogens (tertiary/aromatic N) is 1. The minimum Gasteiger partial charge on any atom is -0.446 e. The lowest BCUT2D eigenvalue weighted by molar-refractivity contribution is -0.132. The number of carbonyl (C=O) groups is 3. The molecule has 2 saturated carbocycles. The molecule has 2 N–H and O–H groups in total. The molecule has 1 aromatic rings. The molecule has 0 radical (unpaired) electrons. The lowest BCUT2D eigenvalue weighted by atomic mass is 10.1. The molecule has 1 saturated heterocycles. The maximum absolute atomic E-state index is 13.3. The first-order valence-electron chi connectivity index (χ1n) is 16.5. The van der Waals surface area contributed by atoms with E-state index in [1.165, 1.54) is 25.0 Å². The number of alkyl carbamates (subject to hydrolysis) is 1. The molecule has 2 atom stereocenters. The van der Waals surface area contributed by atoms with Crippen LogP contribution in [0.25, 0.3) is 0 Å². The van der Waals surface area contributed by atoms with Crippen LogP contribution in [0.2, 0.25) is 0 Å². The van der Waals surface area contributed by atoms with Crippen LogP contribution in [-0.4, -0.2) is 69.1 Å². The summed E-state index contributed by atoms with van der Waals surface area (Å²) in [4.78, 5) is 36.9. The van der Waals surface area contributed by atoms with Crippen molar-refractivity contribution in [1.82, 2.24) is 15.5 Å². The number of rotatable bonds is 14. The van der Waals surface area contributed by atoms with Crippen molar-refractivity contribution in [3.63, 3.8) is 0 Å². The van der Waals surface area contributed by atoms with E-state index in [1.807, 2.05) is 33.8 Å². The maximum atomic E-state index is 13.3. The molecule has 4 rings (SSSR count). The Morgan fingerprint density at radius 1 is 1.00 bits per heavy atom. The highest BCUT2D eigenvalue weighted by Gasteiger charge is 2.35. The van der Waals surface area contributed by atoms with Gasteiger partial charge in [-0.1, -0.05) is 62.5 Å². The lowest BCUT2D eigenvalue weighted by Gasteiger charge is -2.25. The van der Waals surface area contributed by atoms with Gasteiger partial charge in [0.2, 0.25) is 12.3 Å². The molecule has 1 heterocycles. The summed E-state index contributed by atoms with van der Waals surface area (Å²) < 4.78 is 36.9. The van der Waals surface area contributed by atoms with Crippen LogP contribution in [0.15, 0.2) is 46.3 Å². The van der Waals surface area contributed by atoms with Crippen LogP contribution in [0.5, 0.6) is 0 Å². The van der Waals surface area contributed by atoms with Crippen LogP contribution in [0, 0.1) is 0 Å². The molecule has 0 bridgehead atoms. The molecule has 3 fully saturated rings. The van der Waals surface area contributed by atoms with Gasteiger partial charge >= 0.3 is 6.09 Å². The van der Waals surface area contributed by atoms with Gasteiger partial charge in [-0.15, -0.1) is 6.58 Å². The highest BCUT2D eigenvalue weighted by molar-refractivity contribution is 9.10. The molecule has 256 valence electrons. The van der Waals surface area contributed by atoms with Crippen molar-refractivity contribution in [3.05, 3.63) is 41.4 Å². The Morgan fingerprint density at radius 2 is 1.64 bits per heavy atom. The predicted molar refractivity (Wildman–Crippen MR) is 181 cm³/mol. The Labute approximate surface area is 279 Å². The first kappa shape index (κ1) is 40.6. The summed E-state index contributed by atoms with van der Waals surface area (Å²) in [6.45, 7) is 12.2. The lowest BCUT2D eigenvalue weighted by Crippen LogP contribution is -2.48. The summed E-state index contributed by atoms with van der Waals surface area (Å²) in [7, 11) is -3.94. The molecular weight excluding hydrogens is 662 g/mol. The number of benzene rings is 1. The third-order valence-corrected chi connectivity index (χ3v) is 9.17. The Kier molecular flexibility index (Phi) is 20.7. The van der Waals surface area contributed by atoms with Gasteiger partial charge in [-0.2, -0.15) is 8.42 Å². The second kappa shape index (κ2) is 23.0. The number of hydrogen-bond acceptors (Lipinski definition) is 7. The second-order valence-corrected chi connectivity index (χ2v) is 13.2. The molecule has 0 spiro atoms. The van der Waals surface area contributed by atoms with Gasteiger partial charge in [0.05, 0.1) is 11.0 Å². The van der Waals surface area contributed by atoms with Crippen LogP contribution >= 0.6 is 15.9 Å². The Morgan fingerprint density at radius 3 is 2.20 bits per heavy atom. The minimum atomic E-state index is -3.94. The zero-order valence-corrected chi connectivity index (χ0v) is 29.9. The quantitative estimate of drug-likeness (QED) is 0.0930. The van der Waals surface area contributed by atoms with E-state index < -0.39 is 28.4 Å². The number of nitrogens with one attached hydrogen (secondary N) is 2. The van der Waals surface area contributed by atoms with Gasteiger partial charge in [0.25, 0.3) is 10.1 Å². The molecule has 3 aliphatic rings. The first-order chi connectivity index (χ1) is 21.7. The molecule has 10 nitrogen and oxygen atoms in total. The molecule has 0 aromatic heterocycles. The van der Waals surface area contributed by atoms with E-state index in [4.69, 9.17) is 8.92 Å². The summed E-state index contributed by atoms with van der Waals surface area (Å²) >= 11 is 3.29. The number of allylic oxidation sites excluding steroid dienone is 1. The van der Waals surface area contributed by atoms with Crippen LogP contribution in [0.4, 0.5) is 4.79 Å². The molecule has 1 aliphatic heterocycles. The largest absolute Gasteiger partial charge is 0.446 e. The molecule has 3 amide bonds. The molecule has 1 aromatic carbocycles. The van der Waals surface area contributed by atoms with Crippen molar-refractivity contribution >= 4 is 44.5 Å². The van der Waals surface area contributed by atoms with E-state index >= 15 is 0 Å². The van der Waals surface area contributed by atoms with Gasteiger partial charge in [-0.25, -0.2) is 4.79 Å². The summed E-state index contributed by atoms with van der Waals surface area (Å²) in [5.41, 5.74) is 0. The van der Waals surface area contributed by atoms with Crippen molar-refractivity contribution in [1.29, 1.82) is 0 Å². The van der Waals surface area contributed by atoms with Crippen molar-refractivity contribution < 1.29 is 31.7 Å². The van der Waals surface area contributed by atoms with E-state index in [1.54, 1.807) is 17.0 Å². The number of ether oxygens (including phenoxy) is 1. The fourth-order valence-corrected chi connectivity index (χ4v) is 6.17. The van der Waals surface area contributed by atoms with Gasteiger partial charge in [-0.05, 0) is 88.5 Å². The van der Waals surface area contributed by atoms with Gasteiger partial charge in [-0.3, -0.25) is 13.8 Å². The topological polar surface area (TPSA) is 131 Å². The first-order valence-corrected chi connectivity index (χ1v) is 18.7. The number of carbonyl (C=O) groups excluding carboxylic acids is 3. The Balaban J connectivity index is 0.000000878. The van der Waals surface area contributed by atoms with Gasteiger partial charge in [0.1, 0.15) is 12.1 Å². The van der Waals surface area contributed by atoms with E-state index in [2.05, 4.69) is 33.1 Å². The summed E-state index contributed by atoms with van der Waals surface area (Å²) in [6, 6.07) is 6.03. The van der Waals surface area contributed by atoms with Crippen LogP contribution in [0.3, 0.4) is 0 Å². The summed E-state index contributed by atoms with van der Waals surface area (Å²) in [5.74, 6) is -0.232. The van der Waals surface area contributed by atoms with Gasteiger partial charge < -0.3 is 20.3 Å². The second-order valence-electron chi connectivity index (χ2n) is 10.7. The number of unbranched alkanes of at least 4 members (excludes halogenated alkanes) is 3. The predicted octanol–water partition coefficient (Wildman–Crippen LogP) is 6.88. The smallest absolute Gasteiger partial charge is 0.408 e. The fraction of sp³-hybridized carbons (Fsp3) is 0.667. The number of hydrogen-bond donors (Lipinski definition) is 2. The average Bonchev–Trinajstić information content (AvgIpc) is 3.49. The van der Waals surface area contributed by atoms with Gasteiger partial charge in [0, 0.05) is 23.6 Å². The number of likely N-dealkylation sites (tertiary alicyclic amines) is 1. The number of amides is 3. The van der Waals surface area contributed by atoms with Crippen molar-refractivity contribution in [2.75, 3.05) is 13.1 Å². The zero-order valence-electron chi connectivity index (χ0n) is 27.5. The highest BCUT2D eigenvalue weighted by Crippen LogP contribution is 2.24. The number of halogens is 1. The molecule has 45 heavy (non-hydrogen) atoms. The fourth-order valence-electron chi connectivity index (χ4n) is 4.81. The highest BCUT2D eigenvalue weighted by atomic mass is 79.9. The Bertz CT molecular complexity index is 1110. The minimum absolute atomic E-state index is 0.0687. The summed E-state index contributed by atoms with van der Waals surface area (Å²) in [6.07, 6.45) is 12.0. The SMILES string of the molecule is C=CCCCCCC(NC(=O)OC1CCCC1)C(=O)N1CC[C@H](OS(=O)(=O)c2ccc(Br)cc2)C1.CC.CC.O=CNC1CC1. The average molecular weight is 717 g/mol. The van der Waals surface area contributed by atoms with E-state index in [-0.39, 0.29) is 23.5 Å². The monoisotopic (exact) mass is 715 g/mol. The van der Waals surface area contributed by atoms with E-state index in [9.17, 15) is 22.8 Å². The van der Waals surface area contributed by atoms with Crippen LogP contribution < -0.4 is 10.6 Å². The molecule has 2 aliphatic carbocycles. The van der Waals surface area contributed by atoms with E-state index in [0.29, 0.717) is 25.4 Å². The Hall–Kier alpha value is -2.44. The third kappa shape index (κ3) is 16.1. The summed E-state index contributed by atoms with van der Waals surface area (Å²) in [5, 5.41) is 5.41.